The molecule has 0 radical (unpaired) electrons. The standard InChI is InChI=1S/C15H21N5O/c1-20-9-8-12(18-20)14-17-15(21-19-14)13-7-6-10-4-2-3-5-11(10)16-13/h8-11,13,16H,2-7H2,1H3. The lowest BCUT2D eigenvalue weighted by molar-refractivity contribution is 0.158. The first-order valence-corrected chi connectivity index (χ1v) is 7.89. The van der Waals surface area contributed by atoms with Gasteiger partial charge in [0.05, 0.1) is 6.04 Å². The molecule has 2 fully saturated rings. The van der Waals surface area contributed by atoms with E-state index in [9.17, 15) is 0 Å². The Morgan fingerprint density at radius 1 is 1.24 bits per heavy atom. The number of hydrogen-bond acceptors (Lipinski definition) is 5. The maximum atomic E-state index is 5.47. The van der Waals surface area contributed by atoms with Crippen molar-refractivity contribution in [3.05, 3.63) is 18.2 Å². The van der Waals surface area contributed by atoms with E-state index in [0.29, 0.717) is 17.8 Å². The van der Waals surface area contributed by atoms with Gasteiger partial charge in [-0.25, -0.2) is 0 Å². The summed E-state index contributed by atoms with van der Waals surface area (Å²) in [6.45, 7) is 0. The van der Waals surface area contributed by atoms with Crippen LogP contribution >= 0.6 is 0 Å². The van der Waals surface area contributed by atoms with E-state index in [-0.39, 0.29) is 6.04 Å². The minimum absolute atomic E-state index is 0.203. The van der Waals surface area contributed by atoms with Crippen molar-refractivity contribution in [3.8, 4) is 11.5 Å². The summed E-state index contributed by atoms with van der Waals surface area (Å²) in [6.07, 6.45) is 9.61. The van der Waals surface area contributed by atoms with E-state index >= 15 is 0 Å². The molecule has 112 valence electrons. The van der Waals surface area contributed by atoms with Gasteiger partial charge in [0, 0.05) is 19.3 Å². The Morgan fingerprint density at radius 3 is 3.00 bits per heavy atom. The topological polar surface area (TPSA) is 68.8 Å². The van der Waals surface area contributed by atoms with Gasteiger partial charge in [0.25, 0.3) is 0 Å². The maximum Gasteiger partial charge on any atom is 0.244 e. The summed E-state index contributed by atoms with van der Waals surface area (Å²) in [4.78, 5) is 4.54. The van der Waals surface area contributed by atoms with Gasteiger partial charge in [-0.15, -0.1) is 0 Å². The quantitative estimate of drug-likeness (QED) is 0.919. The van der Waals surface area contributed by atoms with E-state index in [1.54, 1.807) is 4.68 Å². The Morgan fingerprint density at radius 2 is 2.14 bits per heavy atom. The second-order valence-electron chi connectivity index (χ2n) is 6.28. The van der Waals surface area contributed by atoms with Gasteiger partial charge in [-0.3, -0.25) is 4.68 Å². The van der Waals surface area contributed by atoms with Gasteiger partial charge in [0.2, 0.25) is 11.7 Å². The fourth-order valence-corrected chi connectivity index (χ4v) is 3.70. The number of rotatable bonds is 2. The number of hydrogen-bond donors (Lipinski definition) is 1. The van der Waals surface area contributed by atoms with Gasteiger partial charge in [-0.05, 0) is 37.7 Å². The Bertz CT molecular complexity index is 619. The van der Waals surface area contributed by atoms with Crippen LogP contribution in [-0.4, -0.2) is 26.0 Å². The summed E-state index contributed by atoms with van der Waals surface area (Å²) in [6, 6.07) is 2.73. The third-order valence-corrected chi connectivity index (χ3v) is 4.83. The maximum absolute atomic E-state index is 5.47. The van der Waals surface area contributed by atoms with Gasteiger partial charge < -0.3 is 9.84 Å². The summed E-state index contributed by atoms with van der Waals surface area (Å²) < 4.78 is 7.22. The third-order valence-electron chi connectivity index (χ3n) is 4.83. The number of nitrogens with one attached hydrogen (secondary N) is 1. The number of piperidine rings is 1. The first kappa shape index (κ1) is 13.0. The average Bonchev–Trinajstić information content (AvgIpc) is 3.15. The molecule has 3 unspecified atom stereocenters. The molecular formula is C15H21N5O. The summed E-state index contributed by atoms with van der Waals surface area (Å²) in [5.41, 5.74) is 0.763. The summed E-state index contributed by atoms with van der Waals surface area (Å²) in [5, 5.41) is 12.1. The largest absolute Gasteiger partial charge is 0.337 e. The van der Waals surface area contributed by atoms with Crippen LogP contribution in [0.15, 0.2) is 16.8 Å². The SMILES string of the molecule is Cn1ccc(-c2noc(C3CCC4CCCCC4N3)n2)n1. The van der Waals surface area contributed by atoms with Crippen LogP contribution in [-0.2, 0) is 7.05 Å². The van der Waals surface area contributed by atoms with Gasteiger partial charge in [0.15, 0.2) is 0 Å². The third kappa shape index (κ3) is 2.48. The molecule has 2 aliphatic rings. The number of fused-ring (bicyclic) bond motifs is 1. The molecule has 6 nitrogen and oxygen atoms in total. The normalized spacial score (nSPS) is 29.3. The Hall–Kier alpha value is -1.69. The fraction of sp³-hybridized carbons (Fsp3) is 0.667. The molecule has 1 aliphatic carbocycles. The monoisotopic (exact) mass is 287 g/mol. The van der Waals surface area contributed by atoms with Crippen LogP contribution in [0.2, 0.25) is 0 Å². The highest BCUT2D eigenvalue weighted by molar-refractivity contribution is 5.46. The average molecular weight is 287 g/mol. The van der Waals surface area contributed by atoms with E-state index in [1.807, 2.05) is 19.3 Å². The number of aryl methyl sites for hydroxylation is 1. The molecular weight excluding hydrogens is 266 g/mol. The zero-order valence-corrected chi connectivity index (χ0v) is 12.3. The highest BCUT2D eigenvalue weighted by Gasteiger charge is 2.34. The summed E-state index contributed by atoms with van der Waals surface area (Å²) >= 11 is 0. The van der Waals surface area contributed by atoms with Gasteiger partial charge >= 0.3 is 0 Å². The Kier molecular flexibility index (Phi) is 3.25. The van der Waals surface area contributed by atoms with Crippen molar-refractivity contribution in [3.63, 3.8) is 0 Å². The van der Waals surface area contributed by atoms with Crippen LogP contribution < -0.4 is 5.32 Å². The summed E-state index contributed by atoms with van der Waals surface area (Å²) in [5.74, 6) is 2.13. The lowest BCUT2D eigenvalue weighted by Gasteiger charge is -2.39. The molecule has 3 atom stereocenters. The second kappa shape index (κ2) is 5.26. The molecule has 1 N–H and O–H groups in total. The van der Waals surface area contributed by atoms with Crippen molar-refractivity contribution < 1.29 is 4.52 Å². The van der Waals surface area contributed by atoms with Crippen LogP contribution in [0.1, 0.15) is 50.5 Å². The van der Waals surface area contributed by atoms with Crippen molar-refractivity contribution in [2.45, 2.75) is 50.6 Å². The molecule has 0 aromatic carbocycles. The molecule has 6 heteroatoms. The smallest absolute Gasteiger partial charge is 0.244 e. The fourth-order valence-electron chi connectivity index (χ4n) is 3.70. The highest BCUT2D eigenvalue weighted by Crippen LogP contribution is 2.36. The Labute approximate surface area is 123 Å². The predicted molar refractivity (Wildman–Crippen MR) is 77.4 cm³/mol. The van der Waals surface area contributed by atoms with Crippen molar-refractivity contribution in [2.24, 2.45) is 13.0 Å². The molecule has 0 amide bonds. The second-order valence-corrected chi connectivity index (χ2v) is 6.28. The van der Waals surface area contributed by atoms with Crippen molar-refractivity contribution in [2.75, 3.05) is 0 Å². The van der Waals surface area contributed by atoms with Crippen molar-refractivity contribution >= 4 is 0 Å². The highest BCUT2D eigenvalue weighted by atomic mass is 16.5. The van der Waals surface area contributed by atoms with E-state index in [1.165, 1.54) is 32.1 Å². The first-order chi connectivity index (χ1) is 10.3. The number of aromatic nitrogens is 4. The van der Waals surface area contributed by atoms with Gasteiger partial charge in [-0.2, -0.15) is 10.1 Å². The molecule has 4 rings (SSSR count). The van der Waals surface area contributed by atoms with Crippen molar-refractivity contribution in [1.29, 1.82) is 0 Å². The molecule has 1 aliphatic heterocycles. The lowest BCUT2D eigenvalue weighted by Crippen LogP contribution is -2.44. The molecule has 0 bridgehead atoms. The zero-order valence-electron chi connectivity index (χ0n) is 12.3. The van der Waals surface area contributed by atoms with E-state index in [0.717, 1.165) is 18.0 Å². The van der Waals surface area contributed by atoms with Crippen LogP contribution in [0.5, 0.6) is 0 Å². The molecule has 2 aromatic heterocycles. The predicted octanol–water partition coefficient (Wildman–Crippen LogP) is 2.45. The molecule has 2 aromatic rings. The van der Waals surface area contributed by atoms with E-state index < -0.39 is 0 Å². The lowest BCUT2D eigenvalue weighted by atomic mass is 9.78. The zero-order chi connectivity index (χ0) is 14.2. The Balaban J connectivity index is 1.50. The molecule has 21 heavy (non-hydrogen) atoms. The van der Waals surface area contributed by atoms with Gasteiger partial charge in [0.1, 0.15) is 5.69 Å². The molecule has 1 saturated heterocycles. The van der Waals surface area contributed by atoms with Crippen LogP contribution in [0.25, 0.3) is 11.5 Å². The first-order valence-electron chi connectivity index (χ1n) is 7.89. The van der Waals surface area contributed by atoms with Crippen LogP contribution in [0.3, 0.4) is 0 Å². The molecule has 0 spiro atoms. The molecule has 1 saturated carbocycles. The minimum atomic E-state index is 0.203. The van der Waals surface area contributed by atoms with E-state index in [2.05, 4.69) is 20.6 Å². The van der Waals surface area contributed by atoms with Crippen LogP contribution in [0, 0.1) is 5.92 Å². The number of nitrogens with zero attached hydrogens (tertiary/aromatic N) is 4. The van der Waals surface area contributed by atoms with Crippen LogP contribution in [0.4, 0.5) is 0 Å². The van der Waals surface area contributed by atoms with Crippen molar-refractivity contribution in [1.82, 2.24) is 25.2 Å². The molecule has 3 heterocycles. The van der Waals surface area contributed by atoms with Gasteiger partial charge in [-0.1, -0.05) is 18.0 Å². The minimum Gasteiger partial charge on any atom is -0.337 e. The van der Waals surface area contributed by atoms with E-state index in [4.69, 9.17) is 4.52 Å². The summed E-state index contributed by atoms with van der Waals surface area (Å²) in [7, 11) is 1.89.